The molecule has 0 radical (unpaired) electrons. The van der Waals surface area contributed by atoms with Crippen LogP contribution >= 0.6 is 22.7 Å². The van der Waals surface area contributed by atoms with Crippen LogP contribution in [0.4, 0.5) is 0 Å². The molecule has 90 valence electrons. The van der Waals surface area contributed by atoms with Crippen molar-refractivity contribution in [2.45, 2.75) is 32.2 Å². The lowest BCUT2D eigenvalue weighted by Crippen LogP contribution is -2.16. The fourth-order valence-corrected chi connectivity index (χ4v) is 5.08. The Kier molecular flexibility index (Phi) is 3.07. The maximum absolute atomic E-state index is 3.47. The summed E-state index contributed by atoms with van der Waals surface area (Å²) in [6.07, 6.45) is 3.93. The van der Waals surface area contributed by atoms with Crippen LogP contribution in [0.2, 0.25) is 0 Å². The van der Waals surface area contributed by atoms with Gasteiger partial charge in [0.05, 0.1) is 6.04 Å². The number of thiophene rings is 2. The van der Waals surface area contributed by atoms with Crippen molar-refractivity contribution in [2.75, 3.05) is 7.05 Å². The van der Waals surface area contributed by atoms with E-state index in [0.717, 1.165) is 0 Å². The monoisotopic (exact) mass is 263 g/mol. The highest BCUT2D eigenvalue weighted by Crippen LogP contribution is 2.38. The van der Waals surface area contributed by atoms with Crippen LogP contribution in [0.25, 0.3) is 0 Å². The number of aryl methyl sites for hydroxylation is 3. The van der Waals surface area contributed by atoms with E-state index < -0.39 is 0 Å². The molecule has 0 amide bonds. The number of fused-ring (bicyclic) bond motifs is 1. The zero-order valence-electron chi connectivity index (χ0n) is 10.2. The molecule has 2 heterocycles. The lowest BCUT2D eigenvalue weighted by molar-refractivity contribution is 0.711. The fourth-order valence-electron chi connectivity index (χ4n) is 2.58. The quantitative estimate of drug-likeness (QED) is 0.885. The summed E-state index contributed by atoms with van der Waals surface area (Å²) in [5.74, 6) is 0. The van der Waals surface area contributed by atoms with Gasteiger partial charge in [-0.2, -0.15) is 0 Å². The molecule has 0 saturated carbocycles. The molecule has 3 rings (SSSR count). The van der Waals surface area contributed by atoms with E-state index in [1.165, 1.54) is 34.6 Å². The Morgan fingerprint density at radius 2 is 2.24 bits per heavy atom. The first-order valence-corrected chi connectivity index (χ1v) is 7.82. The molecular formula is C14H17NS2. The molecule has 1 atom stereocenters. The second-order valence-corrected chi connectivity index (χ2v) is 6.76. The first-order chi connectivity index (χ1) is 8.29. The van der Waals surface area contributed by atoms with Crippen LogP contribution in [0, 0.1) is 6.92 Å². The maximum Gasteiger partial charge on any atom is 0.0765 e. The standard InChI is InChI=1S/C14H17NS2/c1-9-6-7-16-14(9)13(15-2)12-8-10-4-3-5-11(10)17-12/h6-8,13,15H,3-5H2,1-2H3. The average molecular weight is 263 g/mol. The summed E-state index contributed by atoms with van der Waals surface area (Å²) < 4.78 is 0. The van der Waals surface area contributed by atoms with Gasteiger partial charge in [-0.25, -0.2) is 0 Å². The predicted octanol–water partition coefficient (Wildman–Crippen LogP) is 3.92. The van der Waals surface area contributed by atoms with Crippen LogP contribution < -0.4 is 5.32 Å². The first kappa shape index (κ1) is 11.5. The van der Waals surface area contributed by atoms with Gasteiger partial charge < -0.3 is 5.32 Å². The van der Waals surface area contributed by atoms with Crippen molar-refractivity contribution >= 4 is 22.7 Å². The molecule has 2 aromatic heterocycles. The molecule has 0 saturated heterocycles. The third-order valence-electron chi connectivity index (χ3n) is 3.50. The molecular weight excluding hydrogens is 246 g/mol. The van der Waals surface area contributed by atoms with Crippen molar-refractivity contribution < 1.29 is 0 Å². The van der Waals surface area contributed by atoms with Gasteiger partial charge in [0.1, 0.15) is 0 Å². The number of hydrogen-bond donors (Lipinski definition) is 1. The normalized spacial score (nSPS) is 16.1. The minimum absolute atomic E-state index is 0.394. The molecule has 2 aromatic rings. The second-order valence-electron chi connectivity index (χ2n) is 4.64. The highest BCUT2D eigenvalue weighted by atomic mass is 32.1. The number of nitrogens with one attached hydrogen (secondary N) is 1. The van der Waals surface area contributed by atoms with E-state index in [1.54, 1.807) is 10.4 Å². The summed E-state index contributed by atoms with van der Waals surface area (Å²) in [5.41, 5.74) is 3.00. The van der Waals surface area contributed by atoms with Crippen LogP contribution in [0.3, 0.4) is 0 Å². The average Bonchev–Trinajstić information content (AvgIpc) is 2.96. The van der Waals surface area contributed by atoms with E-state index in [4.69, 9.17) is 0 Å². The SMILES string of the molecule is CNC(c1cc2c(s1)CCC2)c1sccc1C. The van der Waals surface area contributed by atoms with Gasteiger partial charge in [0, 0.05) is 14.6 Å². The predicted molar refractivity (Wildman–Crippen MR) is 76.3 cm³/mol. The number of hydrogen-bond acceptors (Lipinski definition) is 3. The molecule has 0 fully saturated rings. The Labute approximate surface area is 111 Å². The third kappa shape index (κ3) is 1.96. The summed E-state index contributed by atoms with van der Waals surface area (Å²) in [4.78, 5) is 4.57. The molecule has 0 bridgehead atoms. The van der Waals surface area contributed by atoms with E-state index in [2.05, 4.69) is 36.8 Å². The number of rotatable bonds is 3. The smallest absolute Gasteiger partial charge is 0.0765 e. The minimum Gasteiger partial charge on any atom is -0.308 e. The summed E-state index contributed by atoms with van der Waals surface area (Å²) >= 11 is 3.87. The van der Waals surface area contributed by atoms with Crippen molar-refractivity contribution in [3.63, 3.8) is 0 Å². The van der Waals surface area contributed by atoms with Crippen LogP contribution in [0.1, 0.15) is 38.2 Å². The van der Waals surface area contributed by atoms with E-state index in [-0.39, 0.29) is 0 Å². The Bertz CT molecular complexity index is 503. The molecule has 17 heavy (non-hydrogen) atoms. The van der Waals surface area contributed by atoms with Crippen molar-refractivity contribution in [2.24, 2.45) is 0 Å². The molecule has 3 heteroatoms. The van der Waals surface area contributed by atoms with Gasteiger partial charge in [-0.1, -0.05) is 0 Å². The molecule has 1 nitrogen and oxygen atoms in total. The van der Waals surface area contributed by atoms with Gasteiger partial charge in [0.15, 0.2) is 0 Å². The Balaban J connectivity index is 1.97. The molecule has 1 unspecified atom stereocenters. The Morgan fingerprint density at radius 3 is 2.88 bits per heavy atom. The van der Waals surface area contributed by atoms with Crippen LogP contribution in [0.5, 0.6) is 0 Å². The summed E-state index contributed by atoms with van der Waals surface area (Å²) in [5, 5.41) is 5.66. The lowest BCUT2D eigenvalue weighted by Gasteiger charge is -2.14. The lowest BCUT2D eigenvalue weighted by atomic mass is 10.1. The van der Waals surface area contributed by atoms with Crippen LogP contribution in [-0.2, 0) is 12.8 Å². The van der Waals surface area contributed by atoms with E-state index >= 15 is 0 Å². The molecule has 0 aromatic carbocycles. The van der Waals surface area contributed by atoms with Crippen molar-refractivity contribution in [1.29, 1.82) is 0 Å². The van der Waals surface area contributed by atoms with Gasteiger partial charge in [0.25, 0.3) is 0 Å². The highest BCUT2D eigenvalue weighted by molar-refractivity contribution is 7.13. The van der Waals surface area contributed by atoms with Gasteiger partial charge in [-0.3, -0.25) is 0 Å². The summed E-state index contributed by atoms with van der Waals surface area (Å²) in [7, 11) is 2.06. The molecule has 0 spiro atoms. The third-order valence-corrected chi connectivity index (χ3v) is 5.89. The zero-order valence-corrected chi connectivity index (χ0v) is 11.9. The van der Waals surface area contributed by atoms with Gasteiger partial charge in [-0.05, 0) is 61.9 Å². The van der Waals surface area contributed by atoms with Crippen LogP contribution in [-0.4, -0.2) is 7.05 Å². The fraction of sp³-hybridized carbons (Fsp3) is 0.429. The Morgan fingerprint density at radius 1 is 1.35 bits per heavy atom. The van der Waals surface area contributed by atoms with Crippen molar-refractivity contribution in [1.82, 2.24) is 5.32 Å². The molecule has 1 N–H and O–H groups in total. The minimum atomic E-state index is 0.394. The molecule has 1 aliphatic rings. The van der Waals surface area contributed by atoms with Crippen LogP contribution in [0.15, 0.2) is 17.5 Å². The molecule has 1 aliphatic carbocycles. The topological polar surface area (TPSA) is 12.0 Å². The van der Waals surface area contributed by atoms with Crippen molar-refractivity contribution in [3.05, 3.63) is 43.3 Å². The largest absolute Gasteiger partial charge is 0.308 e. The van der Waals surface area contributed by atoms with E-state index in [1.807, 2.05) is 22.7 Å². The molecule has 0 aliphatic heterocycles. The Hall–Kier alpha value is -0.640. The summed E-state index contributed by atoms with van der Waals surface area (Å²) in [6.45, 7) is 2.21. The highest BCUT2D eigenvalue weighted by Gasteiger charge is 2.21. The second kappa shape index (κ2) is 4.56. The van der Waals surface area contributed by atoms with Gasteiger partial charge >= 0.3 is 0 Å². The van der Waals surface area contributed by atoms with Gasteiger partial charge in [-0.15, -0.1) is 22.7 Å². The summed E-state index contributed by atoms with van der Waals surface area (Å²) in [6, 6.07) is 5.03. The first-order valence-electron chi connectivity index (χ1n) is 6.12. The van der Waals surface area contributed by atoms with E-state index in [0.29, 0.717) is 6.04 Å². The maximum atomic E-state index is 3.47. The van der Waals surface area contributed by atoms with Crippen molar-refractivity contribution in [3.8, 4) is 0 Å². The van der Waals surface area contributed by atoms with Gasteiger partial charge in [0.2, 0.25) is 0 Å². The van der Waals surface area contributed by atoms with E-state index in [9.17, 15) is 0 Å². The zero-order chi connectivity index (χ0) is 11.8.